The van der Waals surface area contributed by atoms with Gasteiger partial charge in [-0.25, -0.2) is 0 Å². The lowest BCUT2D eigenvalue weighted by molar-refractivity contribution is 0.432. The summed E-state index contributed by atoms with van der Waals surface area (Å²) in [6.45, 7) is 8.94. The summed E-state index contributed by atoms with van der Waals surface area (Å²) in [7, 11) is 0. The topological polar surface area (TPSA) is 25.2 Å². The van der Waals surface area contributed by atoms with Crippen LogP contribution >= 0.6 is 0 Å². The molecule has 0 amide bonds. The molecule has 2 nitrogen and oxygen atoms in total. The second-order valence-corrected chi connectivity index (χ2v) is 3.40. The van der Waals surface area contributed by atoms with Gasteiger partial charge in [0.05, 0.1) is 12.3 Å². The van der Waals surface area contributed by atoms with Crippen molar-refractivity contribution in [1.29, 1.82) is 0 Å². The molecule has 0 bridgehead atoms. The van der Waals surface area contributed by atoms with E-state index in [1.54, 1.807) is 6.26 Å². The van der Waals surface area contributed by atoms with Crippen LogP contribution in [0.15, 0.2) is 35.0 Å². The quantitative estimate of drug-likeness (QED) is 0.703. The first kappa shape index (κ1) is 10.1. The summed E-state index contributed by atoms with van der Waals surface area (Å²) in [5, 5.41) is 3.36. The molecule has 0 radical (unpaired) electrons. The van der Waals surface area contributed by atoms with E-state index in [-0.39, 0.29) is 6.04 Å². The molecule has 0 spiro atoms. The molecule has 1 heterocycles. The van der Waals surface area contributed by atoms with Gasteiger partial charge >= 0.3 is 0 Å². The SMILES string of the molecule is C=C(C)CCN[C@H](C)c1ccco1. The van der Waals surface area contributed by atoms with Crippen LogP contribution in [0.25, 0.3) is 0 Å². The Morgan fingerprint density at radius 1 is 1.69 bits per heavy atom. The van der Waals surface area contributed by atoms with Crippen LogP contribution in [0.2, 0.25) is 0 Å². The third-order valence-electron chi connectivity index (χ3n) is 1.97. The minimum absolute atomic E-state index is 0.286. The monoisotopic (exact) mass is 179 g/mol. The summed E-state index contributed by atoms with van der Waals surface area (Å²) in [6, 6.07) is 4.18. The van der Waals surface area contributed by atoms with Crippen LogP contribution in [0.1, 0.15) is 32.1 Å². The van der Waals surface area contributed by atoms with Crippen molar-refractivity contribution in [3.63, 3.8) is 0 Å². The van der Waals surface area contributed by atoms with Crippen molar-refractivity contribution in [3.8, 4) is 0 Å². The van der Waals surface area contributed by atoms with Crippen molar-refractivity contribution in [2.45, 2.75) is 26.3 Å². The molecule has 1 aromatic heterocycles. The van der Waals surface area contributed by atoms with Crippen LogP contribution in [-0.4, -0.2) is 6.54 Å². The minimum Gasteiger partial charge on any atom is -0.468 e. The molecular weight excluding hydrogens is 162 g/mol. The normalized spacial score (nSPS) is 12.8. The summed E-state index contributed by atoms with van der Waals surface area (Å²) in [4.78, 5) is 0. The highest BCUT2D eigenvalue weighted by Crippen LogP contribution is 2.11. The zero-order valence-corrected chi connectivity index (χ0v) is 8.34. The van der Waals surface area contributed by atoms with Crippen molar-refractivity contribution in [3.05, 3.63) is 36.3 Å². The van der Waals surface area contributed by atoms with Crippen molar-refractivity contribution in [2.24, 2.45) is 0 Å². The molecule has 0 aliphatic rings. The van der Waals surface area contributed by atoms with E-state index in [0.29, 0.717) is 0 Å². The minimum atomic E-state index is 0.286. The van der Waals surface area contributed by atoms with E-state index in [1.165, 1.54) is 5.57 Å². The number of hydrogen-bond donors (Lipinski definition) is 1. The molecule has 0 saturated heterocycles. The molecule has 0 saturated carbocycles. The predicted octanol–water partition coefficient (Wildman–Crippen LogP) is 2.90. The molecule has 1 aromatic rings. The lowest BCUT2D eigenvalue weighted by Gasteiger charge is -2.10. The first-order valence-corrected chi connectivity index (χ1v) is 4.61. The summed E-state index contributed by atoms with van der Waals surface area (Å²) in [6.07, 6.45) is 2.72. The van der Waals surface area contributed by atoms with Gasteiger partial charge in [0.15, 0.2) is 0 Å². The Bertz CT molecular complexity index is 251. The first-order valence-electron chi connectivity index (χ1n) is 4.61. The average Bonchev–Trinajstić information content (AvgIpc) is 2.55. The number of furan rings is 1. The van der Waals surface area contributed by atoms with Gasteiger partial charge in [-0.2, -0.15) is 0 Å². The number of nitrogens with one attached hydrogen (secondary N) is 1. The van der Waals surface area contributed by atoms with Crippen molar-refractivity contribution < 1.29 is 4.42 Å². The van der Waals surface area contributed by atoms with Crippen LogP contribution < -0.4 is 5.32 Å². The van der Waals surface area contributed by atoms with Gasteiger partial charge in [-0.1, -0.05) is 5.57 Å². The Kier molecular flexibility index (Phi) is 3.77. The molecule has 0 unspecified atom stereocenters. The van der Waals surface area contributed by atoms with E-state index < -0.39 is 0 Å². The maximum atomic E-state index is 5.27. The maximum absolute atomic E-state index is 5.27. The Morgan fingerprint density at radius 3 is 3.00 bits per heavy atom. The Hall–Kier alpha value is -1.02. The first-order chi connectivity index (χ1) is 6.20. The maximum Gasteiger partial charge on any atom is 0.120 e. The number of rotatable bonds is 5. The standard InChI is InChI=1S/C11H17NO/c1-9(2)6-7-12-10(3)11-5-4-8-13-11/h4-5,8,10,12H,1,6-7H2,2-3H3/t10-/m1/s1. The molecular formula is C11H17NO. The van der Waals surface area contributed by atoms with Gasteiger partial charge in [0.25, 0.3) is 0 Å². The Labute approximate surface area is 79.6 Å². The fourth-order valence-corrected chi connectivity index (χ4v) is 1.14. The van der Waals surface area contributed by atoms with Gasteiger partial charge in [0.2, 0.25) is 0 Å². The summed E-state index contributed by atoms with van der Waals surface area (Å²) >= 11 is 0. The third kappa shape index (κ3) is 3.47. The molecule has 72 valence electrons. The number of hydrogen-bond acceptors (Lipinski definition) is 2. The lowest BCUT2D eigenvalue weighted by Crippen LogP contribution is -2.19. The highest BCUT2D eigenvalue weighted by Gasteiger charge is 2.05. The van der Waals surface area contributed by atoms with Gasteiger partial charge in [-0.05, 0) is 38.9 Å². The van der Waals surface area contributed by atoms with E-state index in [2.05, 4.69) is 18.8 Å². The molecule has 0 aliphatic heterocycles. The van der Waals surface area contributed by atoms with Crippen LogP contribution in [0.4, 0.5) is 0 Å². The van der Waals surface area contributed by atoms with Crippen LogP contribution in [0.3, 0.4) is 0 Å². The molecule has 0 aromatic carbocycles. The van der Waals surface area contributed by atoms with Crippen LogP contribution in [-0.2, 0) is 0 Å². The Morgan fingerprint density at radius 2 is 2.46 bits per heavy atom. The molecule has 0 aliphatic carbocycles. The third-order valence-corrected chi connectivity index (χ3v) is 1.97. The average molecular weight is 179 g/mol. The van der Waals surface area contributed by atoms with Gasteiger partial charge in [-0.15, -0.1) is 6.58 Å². The van der Waals surface area contributed by atoms with Crippen molar-refractivity contribution in [2.75, 3.05) is 6.54 Å². The molecule has 1 rings (SSSR count). The largest absolute Gasteiger partial charge is 0.468 e. The van der Waals surface area contributed by atoms with Gasteiger partial charge in [0.1, 0.15) is 5.76 Å². The highest BCUT2D eigenvalue weighted by atomic mass is 16.3. The van der Waals surface area contributed by atoms with E-state index in [4.69, 9.17) is 4.42 Å². The lowest BCUT2D eigenvalue weighted by atomic mass is 10.2. The zero-order chi connectivity index (χ0) is 9.68. The Balaban J connectivity index is 2.26. The zero-order valence-electron chi connectivity index (χ0n) is 8.34. The molecule has 13 heavy (non-hydrogen) atoms. The van der Waals surface area contributed by atoms with E-state index >= 15 is 0 Å². The molecule has 1 atom stereocenters. The highest BCUT2D eigenvalue weighted by molar-refractivity contribution is 5.03. The smallest absolute Gasteiger partial charge is 0.120 e. The molecule has 2 heteroatoms. The fraction of sp³-hybridized carbons (Fsp3) is 0.455. The van der Waals surface area contributed by atoms with E-state index in [0.717, 1.165) is 18.7 Å². The van der Waals surface area contributed by atoms with Crippen molar-refractivity contribution >= 4 is 0 Å². The van der Waals surface area contributed by atoms with Gasteiger partial charge < -0.3 is 9.73 Å². The second-order valence-electron chi connectivity index (χ2n) is 3.40. The van der Waals surface area contributed by atoms with Gasteiger partial charge in [-0.3, -0.25) is 0 Å². The fourth-order valence-electron chi connectivity index (χ4n) is 1.14. The van der Waals surface area contributed by atoms with Crippen LogP contribution in [0, 0.1) is 0 Å². The predicted molar refractivity (Wildman–Crippen MR) is 54.6 cm³/mol. The summed E-state index contributed by atoms with van der Waals surface area (Å²) in [5.41, 5.74) is 1.21. The second kappa shape index (κ2) is 4.87. The van der Waals surface area contributed by atoms with Crippen LogP contribution in [0.5, 0.6) is 0 Å². The molecule has 0 fully saturated rings. The van der Waals surface area contributed by atoms with E-state index in [9.17, 15) is 0 Å². The van der Waals surface area contributed by atoms with Crippen molar-refractivity contribution in [1.82, 2.24) is 5.32 Å². The molecule has 1 N–H and O–H groups in total. The summed E-state index contributed by atoms with van der Waals surface area (Å²) < 4.78 is 5.27. The van der Waals surface area contributed by atoms with Gasteiger partial charge in [0, 0.05) is 0 Å². The summed E-state index contributed by atoms with van der Waals surface area (Å²) in [5.74, 6) is 0.988. The van der Waals surface area contributed by atoms with E-state index in [1.807, 2.05) is 19.1 Å².